The zero-order valence-electron chi connectivity index (χ0n) is 15.4. The first-order chi connectivity index (χ1) is 11.8. The molecule has 0 bridgehead atoms. The van der Waals surface area contributed by atoms with Crippen LogP contribution in [0.25, 0.3) is 5.76 Å². The van der Waals surface area contributed by atoms with Crippen molar-refractivity contribution in [2.75, 3.05) is 33.4 Å². The molecule has 0 aromatic heterocycles. The Morgan fingerprint density at radius 3 is 2.60 bits per heavy atom. The lowest BCUT2D eigenvalue weighted by atomic mass is 10.2. The lowest BCUT2D eigenvalue weighted by molar-refractivity contribution is -0.0557. The summed E-state index contributed by atoms with van der Waals surface area (Å²) in [6.07, 6.45) is -0.502. The molecule has 1 aliphatic rings. The molecule has 1 unspecified atom stereocenters. The Morgan fingerprint density at radius 2 is 2.00 bits per heavy atom. The van der Waals surface area contributed by atoms with Crippen molar-refractivity contribution in [2.24, 2.45) is 0 Å². The fourth-order valence-corrected chi connectivity index (χ4v) is 2.36. The monoisotopic (exact) mass is 349 g/mol. The summed E-state index contributed by atoms with van der Waals surface area (Å²) in [4.78, 5) is 13.8. The van der Waals surface area contributed by atoms with Crippen molar-refractivity contribution in [1.29, 1.82) is 0 Å². The molecular formula is C19H27NO5. The molecule has 25 heavy (non-hydrogen) atoms. The molecule has 1 heterocycles. The van der Waals surface area contributed by atoms with Gasteiger partial charge in [0, 0.05) is 12.1 Å². The largest absolute Gasteiger partial charge is 0.497 e. The van der Waals surface area contributed by atoms with Crippen LogP contribution in [0.4, 0.5) is 4.79 Å². The average molecular weight is 349 g/mol. The summed E-state index contributed by atoms with van der Waals surface area (Å²) < 4.78 is 21.9. The van der Waals surface area contributed by atoms with Crippen molar-refractivity contribution in [3.05, 3.63) is 36.4 Å². The Hall–Kier alpha value is -2.21. The number of carbonyl (C=O) groups excluding carboxylic acids is 1. The van der Waals surface area contributed by atoms with Gasteiger partial charge in [0.1, 0.15) is 29.8 Å². The van der Waals surface area contributed by atoms with E-state index in [-0.39, 0.29) is 12.2 Å². The molecule has 0 saturated carbocycles. The maximum Gasteiger partial charge on any atom is 0.410 e. The summed E-state index contributed by atoms with van der Waals surface area (Å²) in [6, 6.07) is 7.48. The highest BCUT2D eigenvalue weighted by atomic mass is 16.6. The van der Waals surface area contributed by atoms with Gasteiger partial charge in [-0.25, -0.2) is 4.79 Å². The van der Waals surface area contributed by atoms with Crippen molar-refractivity contribution >= 4 is 11.9 Å². The molecule has 1 fully saturated rings. The normalized spacial score (nSPS) is 17.8. The first-order valence-corrected chi connectivity index (χ1v) is 8.34. The topological polar surface area (TPSA) is 57.2 Å². The number of methoxy groups -OCH3 is 1. The molecule has 2 rings (SSSR count). The number of amides is 1. The van der Waals surface area contributed by atoms with E-state index >= 15 is 0 Å². The van der Waals surface area contributed by atoms with Gasteiger partial charge in [0.25, 0.3) is 0 Å². The second-order valence-electron chi connectivity index (χ2n) is 6.88. The molecule has 138 valence electrons. The lowest BCUT2D eigenvalue weighted by Gasteiger charge is -2.34. The molecule has 0 aliphatic carbocycles. The molecule has 6 nitrogen and oxygen atoms in total. The quantitative estimate of drug-likeness (QED) is 0.763. The number of benzene rings is 1. The minimum atomic E-state index is -0.505. The predicted molar refractivity (Wildman–Crippen MR) is 95.5 cm³/mol. The number of hydrogen-bond donors (Lipinski definition) is 0. The molecule has 0 N–H and O–H groups in total. The molecule has 0 spiro atoms. The summed E-state index contributed by atoms with van der Waals surface area (Å²) in [5.41, 5.74) is 0.398. The van der Waals surface area contributed by atoms with E-state index in [1.165, 1.54) is 0 Å². The molecule has 1 atom stereocenters. The molecule has 0 radical (unpaired) electrons. The minimum absolute atomic E-state index is 0.185. The Bertz CT molecular complexity index is 591. The zero-order chi connectivity index (χ0) is 18.4. The minimum Gasteiger partial charge on any atom is -0.497 e. The van der Waals surface area contributed by atoms with E-state index in [4.69, 9.17) is 18.9 Å². The van der Waals surface area contributed by atoms with Gasteiger partial charge in [-0.15, -0.1) is 0 Å². The van der Waals surface area contributed by atoms with E-state index in [0.29, 0.717) is 32.1 Å². The zero-order valence-corrected chi connectivity index (χ0v) is 15.4. The van der Waals surface area contributed by atoms with Gasteiger partial charge in [-0.2, -0.15) is 0 Å². The molecule has 1 aliphatic heterocycles. The highest BCUT2D eigenvalue weighted by Gasteiger charge is 2.28. The number of ether oxygens (including phenoxy) is 4. The number of hydrogen-bond acceptors (Lipinski definition) is 5. The van der Waals surface area contributed by atoms with Crippen molar-refractivity contribution in [1.82, 2.24) is 4.90 Å². The smallest absolute Gasteiger partial charge is 0.410 e. The van der Waals surface area contributed by atoms with Crippen molar-refractivity contribution in [3.8, 4) is 5.75 Å². The number of nitrogens with zero attached hydrogens (tertiary/aromatic N) is 1. The fourth-order valence-electron chi connectivity index (χ4n) is 2.36. The van der Waals surface area contributed by atoms with Gasteiger partial charge in [-0.1, -0.05) is 6.58 Å². The SMILES string of the molecule is C=C(OC)c1ccc(OCC2CN(C(=O)OC(C)(C)C)CCO2)cc1. The van der Waals surface area contributed by atoms with Crippen LogP contribution in [0.3, 0.4) is 0 Å². The van der Waals surface area contributed by atoms with Crippen LogP contribution >= 0.6 is 0 Å². The van der Waals surface area contributed by atoms with E-state index in [0.717, 1.165) is 11.3 Å². The third-order valence-electron chi connectivity index (χ3n) is 3.65. The summed E-state index contributed by atoms with van der Waals surface area (Å²) in [5.74, 6) is 1.33. The third kappa shape index (κ3) is 5.98. The van der Waals surface area contributed by atoms with Gasteiger partial charge in [0.05, 0.1) is 20.3 Å². The van der Waals surface area contributed by atoms with Crippen LogP contribution in [-0.2, 0) is 14.2 Å². The van der Waals surface area contributed by atoms with Crippen LogP contribution in [0, 0.1) is 0 Å². The Morgan fingerprint density at radius 1 is 1.32 bits per heavy atom. The van der Waals surface area contributed by atoms with Crippen molar-refractivity contribution in [2.45, 2.75) is 32.5 Å². The van der Waals surface area contributed by atoms with Gasteiger partial charge in [-0.3, -0.25) is 0 Å². The average Bonchev–Trinajstić information content (AvgIpc) is 2.58. The standard InChI is InChI=1S/C19H27NO5/c1-14(22-5)15-6-8-16(9-7-15)24-13-17-12-20(10-11-23-17)18(21)25-19(2,3)4/h6-9,17H,1,10-13H2,2-5H3. The first-order valence-electron chi connectivity index (χ1n) is 8.34. The number of morpholine rings is 1. The van der Waals surface area contributed by atoms with Crippen LogP contribution in [-0.4, -0.2) is 56.1 Å². The lowest BCUT2D eigenvalue weighted by Crippen LogP contribution is -2.49. The summed E-state index contributed by atoms with van der Waals surface area (Å²) in [5, 5.41) is 0. The van der Waals surface area contributed by atoms with E-state index in [1.807, 2.05) is 45.0 Å². The summed E-state index contributed by atoms with van der Waals surface area (Å²) in [6.45, 7) is 11.2. The van der Waals surface area contributed by atoms with Crippen LogP contribution in [0.5, 0.6) is 5.75 Å². The highest BCUT2D eigenvalue weighted by Crippen LogP contribution is 2.19. The van der Waals surface area contributed by atoms with Crippen LogP contribution in [0.2, 0.25) is 0 Å². The fraction of sp³-hybridized carbons (Fsp3) is 0.526. The van der Waals surface area contributed by atoms with Gasteiger partial charge in [-0.05, 0) is 45.0 Å². The second-order valence-corrected chi connectivity index (χ2v) is 6.88. The third-order valence-corrected chi connectivity index (χ3v) is 3.65. The Kier molecular flexibility index (Phi) is 6.31. The van der Waals surface area contributed by atoms with Crippen LogP contribution in [0.15, 0.2) is 30.8 Å². The Balaban J connectivity index is 1.84. The molecule has 1 saturated heterocycles. The molecule has 1 aromatic carbocycles. The van der Waals surface area contributed by atoms with E-state index in [2.05, 4.69) is 6.58 Å². The number of rotatable bonds is 5. The molecular weight excluding hydrogens is 322 g/mol. The summed E-state index contributed by atoms with van der Waals surface area (Å²) >= 11 is 0. The van der Waals surface area contributed by atoms with Gasteiger partial charge >= 0.3 is 6.09 Å². The highest BCUT2D eigenvalue weighted by molar-refractivity contribution is 5.68. The van der Waals surface area contributed by atoms with E-state index in [9.17, 15) is 4.79 Å². The molecule has 1 aromatic rings. The van der Waals surface area contributed by atoms with Crippen molar-refractivity contribution in [3.63, 3.8) is 0 Å². The van der Waals surface area contributed by atoms with E-state index < -0.39 is 5.60 Å². The first kappa shape index (κ1) is 19.1. The molecule has 6 heteroatoms. The van der Waals surface area contributed by atoms with Crippen LogP contribution in [0.1, 0.15) is 26.3 Å². The van der Waals surface area contributed by atoms with Crippen molar-refractivity contribution < 1.29 is 23.7 Å². The van der Waals surface area contributed by atoms with E-state index in [1.54, 1.807) is 12.0 Å². The predicted octanol–water partition coefficient (Wildman–Crippen LogP) is 3.32. The van der Waals surface area contributed by atoms with Gasteiger partial charge in [0.15, 0.2) is 0 Å². The number of carbonyl (C=O) groups is 1. The second kappa shape index (κ2) is 8.25. The Labute approximate surface area is 149 Å². The molecule has 1 amide bonds. The summed E-state index contributed by atoms with van der Waals surface area (Å²) in [7, 11) is 1.59. The van der Waals surface area contributed by atoms with Gasteiger partial charge < -0.3 is 23.8 Å². The maximum atomic E-state index is 12.2. The van der Waals surface area contributed by atoms with Crippen LogP contribution < -0.4 is 4.74 Å². The van der Waals surface area contributed by atoms with Gasteiger partial charge in [0.2, 0.25) is 0 Å². The maximum absolute atomic E-state index is 12.2.